The van der Waals surface area contributed by atoms with Gasteiger partial charge in [0.05, 0.1) is 10.8 Å². The van der Waals surface area contributed by atoms with E-state index in [1.165, 1.54) is 0 Å². The molecule has 0 N–H and O–H groups in total. The van der Waals surface area contributed by atoms with Gasteiger partial charge in [-0.15, -0.1) is 0 Å². The first-order valence-corrected chi connectivity index (χ1v) is 5.43. The Morgan fingerprint density at radius 2 is 2.00 bits per heavy atom. The van der Waals surface area contributed by atoms with Crippen LogP contribution in [0.1, 0.15) is 5.69 Å². The lowest BCUT2D eigenvalue weighted by Crippen LogP contribution is -1.83. The van der Waals surface area contributed by atoms with Gasteiger partial charge in [0.15, 0.2) is 0 Å². The molecule has 2 heteroatoms. The molecular weight excluding hydrogens is 238 g/mol. The summed E-state index contributed by atoms with van der Waals surface area (Å²) in [6.07, 6.45) is 0. The van der Waals surface area contributed by atoms with Gasteiger partial charge in [-0.25, -0.2) is 4.98 Å². The van der Waals surface area contributed by atoms with Gasteiger partial charge in [-0.3, -0.25) is 0 Å². The smallest absolute Gasteiger partial charge is 0.113 e. The Kier molecular flexibility index (Phi) is 2.81. The second-order valence-electron chi connectivity index (χ2n) is 2.82. The Bertz CT molecular complexity index is 508. The molecule has 0 aliphatic heterocycles. The molecule has 0 spiro atoms. The number of para-hydroxylation sites is 1. The van der Waals surface area contributed by atoms with Gasteiger partial charge in [-0.05, 0) is 18.1 Å². The molecule has 0 radical (unpaired) electrons. The zero-order valence-electron chi connectivity index (χ0n) is 7.50. The highest BCUT2D eigenvalue weighted by molar-refractivity contribution is 9.09. The van der Waals surface area contributed by atoms with Crippen molar-refractivity contribution in [1.82, 2.24) is 4.98 Å². The fraction of sp³-hybridized carbons (Fsp3) is 0.0833. The zero-order chi connectivity index (χ0) is 9.80. The molecule has 1 heterocycles. The van der Waals surface area contributed by atoms with Crippen molar-refractivity contribution < 1.29 is 0 Å². The van der Waals surface area contributed by atoms with E-state index in [1.54, 1.807) is 0 Å². The van der Waals surface area contributed by atoms with Crippen LogP contribution in [-0.4, -0.2) is 10.3 Å². The first kappa shape index (κ1) is 9.23. The second kappa shape index (κ2) is 4.26. The Morgan fingerprint density at radius 1 is 1.14 bits per heavy atom. The molecule has 14 heavy (non-hydrogen) atoms. The van der Waals surface area contributed by atoms with E-state index in [9.17, 15) is 0 Å². The molecule has 2 aromatic rings. The van der Waals surface area contributed by atoms with Crippen LogP contribution in [0.15, 0.2) is 36.4 Å². The third kappa shape index (κ3) is 1.94. The largest absolute Gasteiger partial charge is 0.239 e. The van der Waals surface area contributed by atoms with Crippen LogP contribution in [-0.2, 0) is 0 Å². The van der Waals surface area contributed by atoms with Gasteiger partial charge in [-0.1, -0.05) is 46.1 Å². The minimum absolute atomic E-state index is 0.682. The van der Waals surface area contributed by atoms with Crippen molar-refractivity contribution in [3.63, 3.8) is 0 Å². The average molecular weight is 246 g/mol. The molecule has 0 aliphatic carbocycles. The Labute approximate surface area is 91.3 Å². The van der Waals surface area contributed by atoms with Crippen LogP contribution in [0.3, 0.4) is 0 Å². The second-order valence-corrected chi connectivity index (χ2v) is 3.39. The zero-order valence-corrected chi connectivity index (χ0v) is 9.08. The maximum Gasteiger partial charge on any atom is 0.113 e. The third-order valence-electron chi connectivity index (χ3n) is 1.88. The Morgan fingerprint density at radius 3 is 2.86 bits per heavy atom. The molecule has 0 atom stereocenters. The highest BCUT2D eigenvalue weighted by Gasteiger charge is 1.93. The van der Waals surface area contributed by atoms with Gasteiger partial charge in [0.1, 0.15) is 5.69 Å². The lowest BCUT2D eigenvalue weighted by Gasteiger charge is -1.95. The van der Waals surface area contributed by atoms with Gasteiger partial charge < -0.3 is 0 Å². The fourth-order valence-corrected chi connectivity index (χ4v) is 1.40. The lowest BCUT2D eigenvalue weighted by molar-refractivity contribution is 1.36. The molecular formula is C12H8BrN. The van der Waals surface area contributed by atoms with Crippen LogP contribution in [0.5, 0.6) is 0 Å². The van der Waals surface area contributed by atoms with Crippen LogP contribution in [0.25, 0.3) is 10.9 Å². The maximum atomic E-state index is 4.42. The molecule has 0 aliphatic rings. The molecule has 0 bridgehead atoms. The summed E-state index contributed by atoms with van der Waals surface area (Å²) in [4.78, 5) is 4.42. The van der Waals surface area contributed by atoms with Gasteiger partial charge in [0, 0.05) is 5.39 Å². The summed E-state index contributed by atoms with van der Waals surface area (Å²) in [5.41, 5.74) is 1.82. The number of alkyl halides is 1. The van der Waals surface area contributed by atoms with Crippen molar-refractivity contribution in [2.45, 2.75) is 0 Å². The van der Waals surface area contributed by atoms with Crippen molar-refractivity contribution in [3.8, 4) is 11.8 Å². The SMILES string of the molecule is BrCC#Cc1ccc2ccccc2n1. The minimum atomic E-state index is 0.682. The number of hydrogen-bond acceptors (Lipinski definition) is 1. The van der Waals surface area contributed by atoms with E-state index >= 15 is 0 Å². The Balaban J connectivity index is 2.51. The number of hydrogen-bond donors (Lipinski definition) is 0. The van der Waals surface area contributed by atoms with E-state index in [0.29, 0.717) is 5.33 Å². The summed E-state index contributed by atoms with van der Waals surface area (Å²) >= 11 is 3.26. The molecule has 1 aromatic heterocycles. The first-order valence-electron chi connectivity index (χ1n) is 4.31. The fourth-order valence-electron chi connectivity index (χ4n) is 1.26. The van der Waals surface area contributed by atoms with Crippen molar-refractivity contribution in [2.24, 2.45) is 0 Å². The molecule has 0 saturated carbocycles. The first-order chi connectivity index (χ1) is 6.90. The van der Waals surface area contributed by atoms with E-state index in [-0.39, 0.29) is 0 Å². The van der Waals surface area contributed by atoms with Crippen molar-refractivity contribution in [3.05, 3.63) is 42.1 Å². The summed E-state index contributed by atoms with van der Waals surface area (Å²) in [6, 6.07) is 12.0. The molecule has 1 aromatic carbocycles. The molecule has 68 valence electrons. The van der Waals surface area contributed by atoms with E-state index in [1.807, 2.05) is 36.4 Å². The van der Waals surface area contributed by atoms with E-state index in [2.05, 4.69) is 32.8 Å². The van der Waals surface area contributed by atoms with Crippen molar-refractivity contribution in [2.75, 3.05) is 5.33 Å². The number of nitrogens with zero attached hydrogens (tertiary/aromatic N) is 1. The van der Waals surface area contributed by atoms with Gasteiger partial charge in [0.2, 0.25) is 0 Å². The number of rotatable bonds is 0. The predicted molar refractivity (Wildman–Crippen MR) is 62.4 cm³/mol. The van der Waals surface area contributed by atoms with Crippen LogP contribution < -0.4 is 0 Å². The van der Waals surface area contributed by atoms with Crippen LogP contribution in [0, 0.1) is 11.8 Å². The topological polar surface area (TPSA) is 12.9 Å². The number of halogens is 1. The number of benzene rings is 1. The molecule has 0 saturated heterocycles. The van der Waals surface area contributed by atoms with Crippen LogP contribution in [0.2, 0.25) is 0 Å². The summed E-state index contributed by atoms with van der Waals surface area (Å²) in [7, 11) is 0. The van der Waals surface area contributed by atoms with E-state index in [4.69, 9.17) is 0 Å². The minimum Gasteiger partial charge on any atom is -0.239 e. The number of pyridine rings is 1. The van der Waals surface area contributed by atoms with Gasteiger partial charge >= 0.3 is 0 Å². The van der Waals surface area contributed by atoms with E-state index < -0.39 is 0 Å². The average Bonchev–Trinajstić information content (AvgIpc) is 2.26. The van der Waals surface area contributed by atoms with Crippen LogP contribution in [0.4, 0.5) is 0 Å². The normalized spacial score (nSPS) is 9.50. The van der Waals surface area contributed by atoms with Crippen molar-refractivity contribution >= 4 is 26.8 Å². The standard InChI is InChI=1S/C12H8BrN/c13-9-3-5-11-8-7-10-4-1-2-6-12(10)14-11/h1-2,4,6-8H,9H2. The van der Waals surface area contributed by atoms with Crippen molar-refractivity contribution in [1.29, 1.82) is 0 Å². The van der Waals surface area contributed by atoms with E-state index in [0.717, 1.165) is 16.6 Å². The monoisotopic (exact) mass is 245 g/mol. The highest BCUT2D eigenvalue weighted by Crippen LogP contribution is 2.10. The quantitative estimate of drug-likeness (QED) is 0.514. The number of aromatic nitrogens is 1. The maximum absolute atomic E-state index is 4.42. The molecule has 0 amide bonds. The van der Waals surface area contributed by atoms with Gasteiger partial charge in [0.25, 0.3) is 0 Å². The highest BCUT2D eigenvalue weighted by atomic mass is 79.9. The third-order valence-corrected chi connectivity index (χ3v) is 2.16. The summed E-state index contributed by atoms with van der Waals surface area (Å²) < 4.78 is 0. The summed E-state index contributed by atoms with van der Waals surface area (Å²) in [6.45, 7) is 0. The lowest BCUT2D eigenvalue weighted by atomic mass is 10.2. The molecule has 1 nitrogen and oxygen atoms in total. The molecule has 0 unspecified atom stereocenters. The number of fused-ring (bicyclic) bond motifs is 1. The predicted octanol–water partition coefficient (Wildman–Crippen LogP) is 2.98. The Hall–Kier alpha value is -1.33. The summed E-state index contributed by atoms with van der Waals surface area (Å²) in [5, 5.41) is 1.83. The summed E-state index contributed by atoms with van der Waals surface area (Å²) in [5.74, 6) is 5.91. The van der Waals surface area contributed by atoms with Crippen LogP contribution >= 0.6 is 15.9 Å². The molecule has 2 rings (SSSR count). The van der Waals surface area contributed by atoms with Gasteiger partial charge in [-0.2, -0.15) is 0 Å². The molecule has 0 fully saturated rings.